The lowest BCUT2D eigenvalue weighted by Gasteiger charge is -2.32. The minimum atomic E-state index is -0.229. The maximum atomic E-state index is 12.9. The van der Waals surface area contributed by atoms with Crippen LogP contribution in [0.15, 0.2) is 18.3 Å². The summed E-state index contributed by atoms with van der Waals surface area (Å²) in [5.41, 5.74) is 3.30. The van der Waals surface area contributed by atoms with Gasteiger partial charge in [0.05, 0.1) is 16.6 Å². The van der Waals surface area contributed by atoms with E-state index in [4.69, 9.17) is 11.6 Å². The minimum absolute atomic E-state index is 0.0949. The van der Waals surface area contributed by atoms with E-state index < -0.39 is 0 Å². The molecule has 1 N–H and O–H groups in total. The van der Waals surface area contributed by atoms with Crippen molar-refractivity contribution in [2.24, 2.45) is 11.8 Å². The molecular weight excluding hydrogens is 414 g/mol. The highest BCUT2D eigenvalue weighted by atomic mass is 35.5. The van der Waals surface area contributed by atoms with Crippen LogP contribution in [-0.4, -0.2) is 44.6 Å². The second-order valence-corrected chi connectivity index (χ2v) is 9.19. The van der Waals surface area contributed by atoms with E-state index >= 15 is 0 Å². The number of aryl methyl sites for hydroxylation is 1. The van der Waals surface area contributed by atoms with Crippen LogP contribution in [0.5, 0.6) is 0 Å². The maximum Gasteiger partial charge on any atom is 0.230 e. The fourth-order valence-electron chi connectivity index (χ4n) is 4.11. The molecule has 2 aromatic heterocycles. The summed E-state index contributed by atoms with van der Waals surface area (Å²) in [5.74, 6) is 0.758. The summed E-state index contributed by atoms with van der Waals surface area (Å²) in [4.78, 5) is 31.5. The Balaban J connectivity index is 1.55. The molecule has 31 heavy (non-hydrogen) atoms. The second-order valence-electron chi connectivity index (χ2n) is 8.76. The van der Waals surface area contributed by atoms with E-state index in [1.165, 1.54) is 6.20 Å². The highest BCUT2D eigenvalue weighted by molar-refractivity contribution is 6.30. The average molecular weight is 446 g/mol. The van der Waals surface area contributed by atoms with E-state index in [0.29, 0.717) is 42.7 Å². The number of piperidine rings is 1. The fraction of sp³-hybridized carbons (Fsp3) is 0.565. The van der Waals surface area contributed by atoms with Gasteiger partial charge in [-0.2, -0.15) is 5.10 Å². The number of likely N-dealkylation sites (tertiary alicyclic amines) is 1. The molecule has 0 radical (unpaired) electrons. The zero-order valence-corrected chi connectivity index (χ0v) is 19.6. The third-order valence-corrected chi connectivity index (χ3v) is 6.01. The second kappa shape index (κ2) is 10.3. The van der Waals surface area contributed by atoms with Gasteiger partial charge in [0.25, 0.3) is 0 Å². The lowest BCUT2D eigenvalue weighted by atomic mass is 9.96. The summed E-state index contributed by atoms with van der Waals surface area (Å²) in [7, 11) is 0. The Kier molecular flexibility index (Phi) is 7.70. The molecule has 0 bridgehead atoms. The van der Waals surface area contributed by atoms with Gasteiger partial charge in [0, 0.05) is 37.9 Å². The molecule has 1 atom stereocenters. The van der Waals surface area contributed by atoms with Crippen molar-refractivity contribution in [2.75, 3.05) is 18.4 Å². The number of pyridine rings is 1. The van der Waals surface area contributed by atoms with Crippen LogP contribution in [0.2, 0.25) is 5.02 Å². The normalized spacial score (nSPS) is 16.6. The van der Waals surface area contributed by atoms with Crippen molar-refractivity contribution in [3.63, 3.8) is 0 Å². The Morgan fingerprint density at radius 2 is 2.06 bits per heavy atom. The number of hydrogen-bond donors (Lipinski definition) is 1. The summed E-state index contributed by atoms with van der Waals surface area (Å²) >= 11 is 5.84. The smallest absolute Gasteiger partial charge is 0.230 e. The summed E-state index contributed by atoms with van der Waals surface area (Å²) in [6, 6.07) is 3.37. The highest BCUT2D eigenvalue weighted by Gasteiger charge is 2.28. The average Bonchev–Trinajstić information content (AvgIpc) is 3.00. The molecule has 1 aliphatic rings. The number of nitrogens with one attached hydrogen (secondary N) is 1. The van der Waals surface area contributed by atoms with E-state index in [1.807, 2.05) is 16.5 Å². The molecule has 1 saturated heterocycles. The van der Waals surface area contributed by atoms with Gasteiger partial charge in [0.1, 0.15) is 5.82 Å². The first-order valence-corrected chi connectivity index (χ1v) is 11.4. The first-order chi connectivity index (χ1) is 14.7. The van der Waals surface area contributed by atoms with Crippen molar-refractivity contribution in [2.45, 2.75) is 59.9 Å². The van der Waals surface area contributed by atoms with E-state index in [0.717, 1.165) is 36.3 Å². The summed E-state index contributed by atoms with van der Waals surface area (Å²) < 4.78 is 2.05. The summed E-state index contributed by atoms with van der Waals surface area (Å²) in [6.07, 6.45) is 4.20. The molecule has 0 spiro atoms. The third kappa shape index (κ3) is 6.06. The van der Waals surface area contributed by atoms with Gasteiger partial charge in [-0.05, 0) is 56.7 Å². The van der Waals surface area contributed by atoms with E-state index in [2.05, 4.69) is 36.2 Å². The highest BCUT2D eigenvalue weighted by Crippen LogP contribution is 2.21. The predicted molar refractivity (Wildman–Crippen MR) is 122 cm³/mol. The first kappa shape index (κ1) is 23.3. The van der Waals surface area contributed by atoms with Gasteiger partial charge in [0.15, 0.2) is 0 Å². The molecular formula is C23H32ClN5O2. The molecule has 7 nitrogen and oxygen atoms in total. The third-order valence-electron chi connectivity index (χ3n) is 5.78. The number of rotatable bonds is 7. The van der Waals surface area contributed by atoms with Crippen LogP contribution < -0.4 is 5.32 Å². The SMILES string of the molecule is Cc1nn(CC(C)C)c(C)c1CCC(=O)N1CCCC(C(=O)Nc2ccc(Cl)cn2)C1. The number of aromatic nitrogens is 3. The van der Waals surface area contributed by atoms with Crippen molar-refractivity contribution in [3.05, 3.63) is 40.3 Å². The van der Waals surface area contributed by atoms with Crippen LogP contribution in [0.3, 0.4) is 0 Å². The van der Waals surface area contributed by atoms with Crippen molar-refractivity contribution in [1.29, 1.82) is 0 Å². The molecule has 3 rings (SSSR count). The zero-order valence-electron chi connectivity index (χ0n) is 18.8. The van der Waals surface area contributed by atoms with Crippen molar-refractivity contribution in [1.82, 2.24) is 19.7 Å². The number of carbonyl (C=O) groups excluding carboxylic acids is 2. The molecule has 3 heterocycles. The number of nitrogens with zero attached hydrogens (tertiary/aromatic N) is 4. The van der Waals surface area contributed by atoms with Crippen LogP contribution >= 0.6 is 11.6 Å². The molecule has 1 fully saturated rings. The molecule has 1 unspecified atom stereocenters. The number of carbonyl (C=O) groups is 2. The number of amides is 2. The Hall–Kier alpha value is -2.41. The lowest BCUT2D eigenvalue weighted by Crippen LogP contribution is -2.43. The molecule has 2 aromatic rings. The van der Waals surface area contributed by atoms with E-state index in [1.54, 1.807) is 12.1 Å². The topological polar surface area (TPSA) is 80.1 Å². The van der Waals surface area contributed by atoms with E-state index in [-0.39, 0.29) is 17.7 Å². The molecule has 1 aliphatic heterocycles. The quantitative estimate of drug-likeness (QED) is 0.698. The first-order valence-electron chi connectivity index (χ1n) is 11.0. The molecule has 2 amide bonds. The zero-order chi connectivity index (χ0) is 22.5. The Labute approximate surface area is 189 Å². The van der Waals surface area contributed by atoms with Gasteiger partial charge >= 0.3 is 0 Å². The van der Waals surface area contributed by atoms with Crippen molar-refractivity contribution in [3.8, 4) is 0 Å². The largest absolute Gasteiger partial charge is 0.342 e. The minimum Gasteiger partial charge on any atom is -0.342 e. The number of hydrogen-bond acceptors (Lipinski definition) is 4. The molecule has 0 aromatic carbocycles. The summed E-state index contributed by atoms with van der Waals surface area (Å²) in [6.45, 7) is 10.5. The molecule has 0 saturated carbocycles. The molecule has 0 aliphatic carbocycles. The van der Waals surface area contributed by atoms with Crippen LogP contribution in [0.25, 0.3) is 0 Å². The standard InChI is InChI=1S/C23H32ClN5O2/c1-15(2)13-29-17(4)20(16(3)27-29)8-10-22(30)28-11-5-6-18(14-28)23(31)26-21-9-7-19(24)12-25-21/h7,9,12,15,18H,5-6,8,10-11,13-14H2,1-4H3,(H,25,26,31). The fourth-order valence-corrected chi connectivity index (χ4v) is 4.22. The maximum absolute atomic E-state index is 12.9. The Morgan fingerprint density at radius 3 is 2.74 bits per heavy atom. The van der Waals surface area contributed by atoms with Crippen molar-refractivity contribution >= 4 is 29.2 Å². The van der Waals surface area contributed by atoms with Gasteiger partial charge in [-0.1, -0.05) is 25.4 Å². The van der Waals surface area contributed by atoms with E-state index in [9.17, 15) is 9.59 Å². The van der Waals surface area contributed by atoms with Crippen LogP contribution in [-0.2, 0) is 22.6 Å². The van der Waals surface area contributed by atoms with Gasteiger partial charge in [-0.25, -0.2) is 4.98 Å². The van der Waals surface area contributed by atoms with Gasteiger partial charge < -0.3 is 10.2 Å². The van der Waals surface area contributed by atoms with Crippen LogP contribution in [0.4, 0.5) is 5.82 Å². The van der Waals surface area contributed by atoms with Crippen molar-refractivity contribution < 1.29 is 9.59 Å². The Bertz CT molecular complexity index is 923. The van der Waals surface area contributed by atoms with Crippen LogP contribution in [0.1, 0.15) is 50.1 Å². The Morgan fingerprint density at radius 1 is 1.29 bits per heavy atom. The van der Waals surface area contributed by atoms with Gasteiger partial charge in [-0.15, -0.1) is 0 Å². The lowest BCUT2D eigenvalue weighted by molar-refractivity contribution is -0.134. The number of halogens is 1. The molecule has 168 valence electrons. The summed E-state index contributed by atoms with van der Waals surface area (Å²) in [5, 5.41) is 8.00. The van der Waals surface area contributed by atoms with Crippen LogP contribution in [0, 0.1) is 25.7 Å². The molecule has 8 heteroatoms. The predicted octanol–water partition coefficient (Wildman–Crippen LogP) is 4.01. The monoisotopic (exact) mass is 445 g/mol. The van der Waals surface area contributed by atoms with Gasteiger partial charge in [-0.3, -0.25) is 14.3 Å². The van der Waals surface area contributed by atoms with Gasteiger partial charge in [0.2, 0.25) is 11.8 Å². The number of anilines is 1.